The third-order valence-electron chi connectivity index (χ3n) is 5.52. The quantitative estimate of drug-likeness (QED) is 0.425. The number of amides is 2. The van der Waals surface area contributed by atoms with E-state index in [1.54, 1.807) is 6.07 Å². The normalized spacial score (nSPS) is 15.5. The second kappa shape index (κ2) is 7.78. The number of halogens is 1. The fourth-order valence-electron chi connectivity index (χ4n) is 3.36. The fourth-order valence-corrected chi connectivity index (χ4v) is 4.21. The van der Waals surface area contributed by atoms with Gasteiger partial charge in [-0.25, -0.2) is 27.9 Å². The van der Waals surface area contributed by atoms with Gasteiger partial charge in [0.25, 0.3) is 5.91 Å². The van der Waals surface area contributed by atoms with E-state index in [-0.39, 0.29) is 30.6 Å². The maximum Gasteiger partial charge on any atom is 0.335 e. The van der Waals surface area contributed by atoms with Gasteiger partial charge in [0, 0.05) is 35.8 Å². The van der Waals surface area contributed by atoms with E-state index in [2.05, 4.69) is 0 Å². The van der Waals surface area contributed by atoms with E-state index < -0.39 is 38.3 Å². The molecule has 3 N–H and O–H groups in total. The molecule has 0 saturated carbocycles. The molecule has 0 bridgehead atoms. The first-order valence-electron chi connectivity index (χ1n) is 9.07. The summed E-state index contributed by atoms with van der Waals surface area (Å²) in [6.45, 7) is 1.19. The molecule has 2 amide bonds. The summed E-state index contributed by atoms with van der Waals surface area (Å²) in [6, 6.07) is 4.57. The Labute approximate surface area is 176 Å². The molecule has 1 aromatic heterocycles. The van der Waals surface area contributed by atoms with Crippen molar-refractivity contribution in [3.05, 3.63) is 47.5 Å². The third kappa shape index (κ3) is 3.91. The van der Waals surface area contributed by atoms with Crippen molar-refractivity contribution in [1.82, 2.24) is 14.9 Å². The number of carboxylic acid groups (broad SMARTS) is 1. The number of fused-ring (bicyclic) bond motifs is 1. The summed E-state index contributed by atoms with van der Waals surface area (Å²) in [6.07, 6.45) is 2.04. The van der Waals surface area contributed by atoms with Gasteiger partial charge in [0.2, 0.25) is 0 Å². The zero-order valence-corrected chi connectivity index (χ0v) is 17.4. The van der Waals surface area contributed by atoms with Crippen molar-refractivity contribution < 1.29 is 37.5 Å². The van der Waals surface area contributed by atoms with Crippen LogP contribution >= 0.6 is 0 Å². The summed E-state index contributed by atoms with van der Waals surface area (Å²) in [4.78, 5) is 36.9. The molecule has 0 fully saturated rings. The molecule has 0 radical (unpaired) electrons. The number of hydrogen-bond donors (Lipinski definition) is 3. The zero-order chi connectivity index (χ0) is 23.1. The highest BCUT2D eigenvalue weighted by Gasteiger charge is 2.44. The maximum atomic E-state index is 14.3. The fraction of sp³-hybridized carbons (Fsp3) is 0.316. The minimum absolute atomic E-state index is 0.0749. The van der Waals surface area contributed by atoms with Crippen LogP contribution in [0.1, 0.15) is 29.4 Å². The molecule has 10 nitrogen and oxygen atoms in total. The molecule has 31 heavy (non-hydrogen) atoms. The van der Waals surface area contributed by atoms with Gasteiger partial charge in [-0.05, 0) is 31.5 Å². The van der Waals surface area contributed by atoms with E-state index in [1.807, 2.05) is 0 Å². The van der Waals surface area contributed by atoms with Gasteiger partial charge < -0.3 is 10.0 Å². The summed E-state index contributed by atoms with van der Waals surface area (Å²) >= 11 is 0. The second-order valence-corrected chi connectivity index (χ2v) is 9.93. The molecule has 1 aromatic carbocycles. The number of aromatic nitrogens is 1. The SMILES string of the molecule is CC(CCN1Cc2cc(-c3ccc(C(=O)O)cc3F)cn2C1=O)(C(=O)NO)S(C)(=O)=O. The molecule has 12 heteroatoms. The van der Waals surface area contributed by atoms with E-state index in [4.69, 9.17) is 10.3 Å². The number of aromatic carboxylic acids is 1. The lowest BCUT2D eigenvalue weighted by Gasteiger charge is -2.27. The second-order valence-electron chi connectivity index (χ2n) is 7.49. The molecular formula is C19H20FN3O7S. The zero-order valence-electron chi connectivity index (χ0n) is 16.6. The Balaban J connectivity index is 1.79. The largest absolute Gasteiger partial charge is 0.478 e. The average Bonchev–Trinajstić information content (AvgIpc) is 3.23. The van der Waals surface area contributed by atoms with Crippen LogP contribution < -0.4 is 5.48 Å². The number of nitrogens with one attached hydrogen (secondary N) is 1. The number of sulfone groups is 1. The predicted octanol–water partition coefficient (Wildman–Crippen LogP) is 1.47. The molecule has 2 heterocycles. The highest BCUT2D eigenvalue weighted by molar-refractivity contribution is 7.92. The molecule has 1 atom stereocenters. The van der Waals surface area contributed by atoms with Crippen LogP contribution in [0.4, 0.5) is 9.18 Å². The number of rotatable bonds is 7. The van der Waals surface area contributed by atoms with Crippen molar-refractivity contribution in [2.45, 2.75) is 24.6 Å². The molecular weight excluding hydrogens is 433 g/mol. The van der Waals surface area contributed by atoms with Crippen LogP contribution in [0.3, 0.4) is 0 Å². The minimum Gasteiger partial charge on any atom is -0.478 e. The maximum absolute atomic E-state index is 14.3. The number of carbonyl (C=O) groups excluding carboxylic acids is 2. The molecule has 0 spiro atoms. The lowest BCUT2D eigenvalue weighted by molar-refractivity contribution is -0.131. The standard InChI is InChI=1S/C19H20FN3O7S/c1-19(17(26)21-28,31(2,29)30)5-6-22-10-13-7-12(9-23(13)18(22)27)14-4-3-11(16(24)25)8-15(14)20/h3-4,7-9,28H,5-6,10H2,1-2H3,(H,21,26)(H,24,25). The predicted molar refractivity (Wildman–Crippen MR) is 106 cm³/mol. The van der Waals surface area contributed by atoms with Crippen LogP contribution in [0.2, 0.25) is 0 Å². The molecule has 3 rings (SSSR count). The topological polar surface area (TPSA) is 146 Å². The van der Waals surface area contributed by atoms with Gasteiger partial charge in [0.1, 0.15) is 5.82 Å². The third-order valence-corrected chi connectivity index (χ3v) is 7.54. The lowest BCUT2D eigenvalue weighted by Crippen LogP contribution is -2.50. The number of nitrogens with zero attached hydrogens (tertiary/aromatic N) is 2. The van der Waals surface area contributed by atoms with Crippen molar-refractivity contribution in [3.63, 3.8) is 0 Å². The van der Waals surface area contributed by atoms with Gasteiger partial charge in [0.15, 0.2) is 14.6 Å². The Bertz CT molecular complexity index is 1190. The van der Waals surface area contributed by atoms with Gasteiger partial charge in [-0.15, -0.1) is 0 Å². The van der Waals surface area contributed by atoms with Crippen molar-refractivity contribution >= 4 is 27.7 Å². The van der Waals surface area contributed by atoms with E-state index in [1.165, 1.54) is 33.3 Å². The van der Waals surface area contributed by atoms with Crippen LogP contribution in [0.25, 0.3) is 11.1 Å². The van der Waals surface area contributed by atoms with Crippen LogP contribution in [-0.4, -0.2) is 63.7 Å². The van der Waals surface area contributed by atoms with E-state index in [0.717, 1.165) is 19.2 Å². The first-order valence-corrected chi connectivity index (χ1v) is 11.0. The first-order chi connectivity index (χ1) is 14.4. The van der Waals surface area contributed by atoms with E-state index in [0.29, 0.717) is 11.3 Å². The molecule has 0 aliphatic carbocycles. The van der Waals surface area contributed by atoms with Crippen molar-refractivity contribution in [3.8, 4) is 11.1 Å². The van der Waals surface area contributed by atoms with Crippen molar-refractivity contribution in [1.29, 1.82) is 0 Å². The Morgan fingerprint density at radius 2 is 1.97 bits per heavy atom. The molecule has 0 saturated heterocycles. The smallest absolute Gasteiger partial charge is 0.335 e. The Hall–Kier alpha value is -3.25. The highest BCUT2D eigenvalue weighted by atomic mass is 32.2. The molecule has 1 aliphatic rings. The van der Waals surface area contributed by atoms with Gasteiger partial charge in [-0.3, -0.25) is 14.6 Å². The lowest BCUT2D eigenvalue weighted by atomic mass is 10.1. The molecule has 166 valence electrons. The number of carbonyl (C=O) groups is 3. The van der Waals surface area contributed by atoms with Crippen LogP contribution in [0.5, 0.6) is 0 Å². The molecule has 1 unspecified atom stereocenters. The van der Waals surface area contributed by atoms with E-state index >= 15 is 0 Å². The van der Waals surface area contributed by atoms with Gasteiger partial charge in [-0.2, -0.15) is 0 Å². The Morgan fingerprint density at radius 1 is 1.29 bits per heavy atom. The number of carboxylic acids is 1. The minimum atomic E-state index is -3.90. The van der Waals surface area contributed by atoms with Crippen LogP contribution in [0, 0.1) is 5.82 Å². The number of hydrogen-bond acceptors (Lipinski definition) is 6. The van der Waals surface area contributed by atoms with Crippen LogP contribution in [-0.2, 0) is 21.2 Å². The summed E-state index contributed by atoms with van der Waals surface area (Å²) in [5, 5.41) is 17.8. The summed E-state index contributed by atoms with van der Waals surface area (Å²) in [5.41, 5.74) is 2.20. The Morgan fingerprint density at radius 3 is 2.48 bits per heavy atom. The van der Waals surface area contributed by atoms with E-state index in [9.17, 15) is 27.2 Å². The molecule has 2 aromatic rings. The summed E-state index contributed by atoms with van der Waals surface area (Å²) < 4.78 is 37.8. The summed E-state index contributed by atoms with van der Waals surface area (Å²) in [5.74, 6) is -3.09. The number of benzene rings is 1. The monoisotopic (exact) mass is 453 g/mol. The van der Waals surface area contributed by atoms with Gasteiger partial charge in [0.05, 0.1) is 12.1 Å². The average molecular weight is 453 g/mol. The first kappa shape index (κ1) is 22.4. The highest BCUT2D eigenvalue weighted by Crippen LogP contribution is 2.30. The van der Waals surface area contributed by atoms with Crippen molar-refractivity contribution in [2.75, 3.05) is 12.8 Å². The molecule has 1 aliphatic heterocycles. The summed E-state index contributed by atoms with van der Waals surface area (Å²) in [7, 11) is -3.90. The number of hydroxylamine groups is 1. The van der Waals surface area contributed by atoms with Crippen LogP contribution in [0.15, 0.2) is 30.5 Å². The van der Waals surface area contributed by atoms with Crippen molar-refractivity contribution in [2.24, 2.45) is 0 Å². The van der Waals surface area contributed by atoms with Gasteiger partial charge >= 0.3 is 12.0 Å². The Kier molecular flexibility index (Phi) is 5.63. The van der Waals surface area contributed by atoms with Gasteiger partial charge in [-0.1, -0.05) is 6.07 Å².